The van der Waals surface area contributed by atoms with Crippen LogP contribution in [0.3, 0.4) is 0 Å². The third-order valence-corrected chi connectivity index (χ3v) is 2.95. The fourth-order valence-electron chi connectivity index (χ4n) is 1.82. The molecular weight excluding hydrogens is 254 g/mol. The maximum Gasteiger partial charge on any atom is 0.0154 e. The van der Waals surface area contributed by atoms with Crippen LogP contribution < -0.4 is 0 Å². The molecule has 0 fully saturated rings. The van der Waals surface area contributed by atoms with E-state index in [4.69, 9.17) is 0 Å². The highest BCUT2D eigenvalue weighted by molar-refractivity contribution is 5.85. The summed E-state index contributed by atoms with van der Waals surface area (Å²) in [5.41, 5.74) is 0. The van der Waals surface area contributed by atoms with Gasteiger partial charge in [-0.05, 0) is 14.1 Å². The van der Waals surface area contributed by atoms with E-state index in [2.05, 4.69) is 25.3 Å². The van der Waals surface area contributed by atoms with E-state index in [0.717, 1.165) is 6.54 Å². The van der Waals surface area contributed by atoms with Gasteiger partial charge in [0.1, 0.15) is 0 Å². The van der Waals surface area contributed by atoms with Gasteiger partial charge in [0.15, 0.2) is 0 Å². The number of halogens is 1. The second kappa shape index (κ2) is 23.1. The van der Waals surface area contributed by atoms with E-state index >= 15 is 0 Å². The van der Waals surface area contributed by atoms with E-state index in [1.807, 2.05) is 20.2 Å². The smallest absolute Gasteiger partial charge is 0.0154 e. The van der Waals surface area contributed by atoms with Crippen LogP contribution >= 0.6 is 12.4 Å². The van der Waals surface area contributed by atoms with E-state index in [1.165, 1.54) is 64.2 Å². The summed E-state index contributed by atoms with van der Waals surface area (Å²) in [4.78, 5) is 2.06. The molecule has 0 aliphatic rings. The third-order valence-electron chi connectivity index (χ3n) is 2.95. The number of unbranched alkanes of at least 4 members (excludes halogenated alkanes) is 9. The second-order valence-electron chi connectivity index (χ2n) is 5.38. The van der Waals surface area contributed by atoms with Crippen molar-refractivity contribution in [3.63, 3.8) is 0 Å². The van der Waals surface area contributed by atoms with Crippen LogP contribution in [0, 0.1) is 0 Å². The molecule has 0 aliphatic heterocycles. The first-order valence-corrected chi connectivity index (χ1v) is 7.94. The molecule has 0 aromatic rings. The van der Waals surface area contributed by atoms with Crippen molar-refractivity contribution in [1.82, 2.24) is 4.90 Å². The fourth-order valence-corrected chi connectivity index (χ4v) is 1.82. The Bertz CT molecular complexity index is 136. The summed E-state index contributed by atoms with van der Waals surface area (Å²) in [7, 11) is 4.03. The zero-order valence-corrected chi connectivity index (χ0v) is 14.7. The Morgan fingerprint density at radius 1 is 0.737 bits per heavy atom. The number of nitrogens with zero attached hydrogens (tertiary/aromatic N) is 1. The molecule has 0 aromatic carbocycles. The maximum absolute atomic E-state index is 3.56. The summed E-state index contributed by atoms with van der Waals surface area (Å²) < 4.78 is 0. The molecule has 118 valence electrons. The molecule has 0 rings (SSSR count). The highest BCUT2D eigenvalue weighted by atomic mass is 35.5. The summed E-state index contributed by atoms with van der Waals surface area (Å²) in [6.45, 7) is 9.09. The highest BCUT2D eigenvalue weighted by Gasteiger charge is 1.90. The van der Waals surface area contributed by atoms with Crippen molar-refractivity contribution in [2.24, 2.45) is 0 Å². The summed E-state index contributed by atoms with van der Waals surface area (Å²) in [5.74, 6) is 0. The van der Waals surface area contributed by atoms with Gasteiger partial charge in [0.25, 0.3) is 0 Å². The molecule has 0 radical (unpaired) electrons. The monoisotopic (exact) mass is 291 g/mol. The topological polar surface area (TPSA) is 3.24 Å². The Kier molecular flexibility index (Phi) is 29.2. The normalized spacial score (nSPS) is 9.53. The first kappa shape index (κ1) is 24.0. The molecule has 0 spiro atoms. The predicted octanol–water partition coefficient (Wildman–Crippen LogP) is 6.08. The molecule has 2 heteroatoms. The molecule has 0 atom stereocenters. The molecule has 0 saturated carbocycles. The van der Waals surface area contributed by atoms with Crippen LogP contribution in [-0.4, -0.2) is 25.5 Å². The molecule has 0 N–H and O–H groups in total. The van der Waals surface area contributed by atoms with Crippen LogP contribution in [0.4, 0.5) is 0 Å². The standard InChI is InChI=1S/C12H26.C5H11N.ClH/c1-3-5-7-9-11-12-10-8-6-4-2;1-4-5-6(2)3;/h3-12H2,1-2H3;4H,1,5H2,2-3H3;1H. The second-order valence-corrected chi connectivity index (χ2v) is 5.38. The Labute approximate surface area is 129 Å². The zero-order valence-electron chi connectivity index (χ0n) is 13.9. The summed E-state index contributed by atoms with van der Waals surface area (Å²) in [6.07, 6.45) is 16.3. The average molecular weight is 292 g/mol. The molecule has 0 heterocycles. The Hall–Kier alpha value is -0.0100. The van der Waals surface area contributed by atoms with Crippen molar-refractivity contribution < 1.29 is 0 Å². The van der Waals surface area contributed by atoms with Crippen LogP contribution in [-0.2, 0) is 0 Å². The maximum atomic E-state index is 3.56. The van der Waals surface area contributed by atoms with Gasteiger partial charge in [0.05, 0.1) is 0 Å². The largest absolute Gasteiger partial charge is 0.306 e. The SMILES string of the molecule is C=CCN(C)C.CCCCCCCCCCCC.Cl. The van der Waals surface area contributed by atoms with Gasteiger partial charge in [-0.15, -0.1) is 19.0 Å². The van der Waals surface area contributed by atoms with Crippen LogP contribution in [0.1, 0.15) is 78.1 Å². The summed E-state index contributed by atoms with van der Waals surface area (Å²) in [5, 5.41) is 0. The van der Waals surface area contributed by atoms with Crippen molar-refractivity contribution in [3.05, 3.63) is 12.7 Å². The van der Waals surface area contributed by atoms with Gasteiger partial charge in [0.2, 0.25) is 0 Å². The molecule has 19 heavy (non-hydrogen) atoms. The lowest BCUT2D eigenvalue weighted by molar-refractivity contribution is 0.457. The molecule has 0 aromatic heterocycles. The first-order valence-electron chi connectivity index (χ1n) is 7.94. The first-order chi connectivity index (χ1) is 8.68. The van der Waals surface area contributed by atoms with Crippen molar-refractivity contribution >= 4 is 12.4 Å². The lowest BCUT2D eigenvalue weighted by atomic mass is 10.1. The van der Waals surface area contributed by atoms with Crippen LogP contribution in [0.25, 0.3) is 0 Å². The van der Waals surface area contributed by atoms with Gasteiger partial charge in [-0.2, -0.15) is 0 Å². The van der Waals surface area contributed by atoms with E-state index < -0.39 is 0 Å². The molecule has 0 aliphatic carbocycles. The van der Waals surface area contributed by atoms with Crippen LogP contribution in [0.2, 0.25) is 0 Å². The quantitative estimate of drug-likeness (QED) is 0.329. The van der Waals surface area contributed by atoms with Gasteiger partial charge in [0, 0.05) is 6.54 Å². The molecule has 0 bridgehead atoms. The number of hydrogen-bond donors (Lipinski definition) is 0. The van der Waals surface area contributed by atoms with E-state index in [0.29, 0.717) is 0 Å². The van der Waals surface area contributed by atoms with E-state index in [9.17, 15) is 0 Å². The molecule has 0 saturated heterocycles. The molecule has 0 amide bonds. The van der Waals surface area contributed by atoms with Crippen molar-refractivity contribution in [1.29, 1.82) is 0 Å². The zero-order chi connectivity index (χ0) is 14.1. The Morgan fingerprint density at radius 3 is 1.21 bits per heavy atom. The summed E-state index contributed by atoms with van der Waals surface area (Å²) >= 11 is 0. The van der Waals surface area contributed by atoms with E-state index in [-0.39, 0.29) is 12.4 Å². The number of likely N-dealkylation sites (N-methyl/N-ethyl adjacent to an activating group) is 1. The lowest BCUT2D eigenvalue weighted by Gasteiger charge is -2.01. The third kappa shape index (κ3) is 32.0. The van der Waals surface area contributed by atoms with Crippen molar-refractivity contribution in [2.75, 3.05) is 20.6 Å². The van der Waals surface area contributed by atoms with Gasteiger partial charge in [-0.1, -0.05) is 84.1 Å². The van der Waals surface area contributed by atoms with E-state index in [1.54, 1.807) is 0 Å². The molecular formula is C17H38ClN. The van der Waals surface area contributed by atoms with Crippen molar-refractivity contribution in [2.45, 2.75) is 78.1 Å². The van der Waals surface area contributed by atoms with Gasteiger partial charge >= 0.3 is 0 Å². The molecule has 1 nitrogen and oxygen atoms in total. The minimum Gasteiger partial charge on any atom is -0.306 e. The molecule has 0 unspecified atom stereocenters. The highest BCUT2D eigenvalue weighted by Crippen LogP contribution is 2.09. The number of hydrogen-bond acceptors (Lipinski definition) is 1. The summed E-state index contributed by atoms with van der Waals surface area (Å²) in [6, 6.07) is 0. The number of rotatable bonds is 11. The average Bonchev–Trinajstić information content (AvgIpc) is 2.33. The predicted molar refractivity (Wildman–Crippen MR) is 93.5 cm³/mol. The minimum atomic E-state index is 0. The van der Waals surface area contributed by atoms with Gasteiger partial charge in [-0.3, -0.25) is 0 Å². The Morgan fingerprint density at radius 2 is 1.05 bits per heavy atom. The lowest BCUT2D eigenvalue weighted by Crippen LogP contribution is -2.09. The van der Waals surface area contributed by atoms with Crippen LogP contribution in [0.5, 0.6) is 0 Å². The Balaban J connectivity index is -0.000000313. The van der Waals surface area contributed by atoms with Crippen molar-refractivity contribution in [3.8, 4) is 0 Å². The van der Waals surface area contributed by atoms with Gasteiger partial charge in [-0.25, -0.2) is 0 Å². The van der Waals surface area contributed by atoms with Gasteiger partial charge < -0.3 is 4.90 Å². The fraction of sp³-hybridized carbons (Fsp3) is 0.882. The van der Waals surface area contributed by atoms with Crippen LogP contribution in [0.15, 0.2) is 12.7 Å². The minimum absolute atomic E-state index is 0.